The number of carbonyl (C=O) groups excluding carboxylic acids is 2. The van der Waals surface area contributed by atoms with E-state index < -0.39 is 0 Å². The predicted molar refractivity (Wildman–Crippen MR) is 110 cm³/mol. The van der Waals surface area contributed by atoms with Crippen molar-refractivity contribution in [2.45, 2.75) is 19.5 Å². The van der Waals surface area contributed by atoms with Crippen LogP contribution in [0.5, 0.6) is 0 Å². The molecule has 1 aliphatic rings. The third-order valence-electron chi connectivity index (χ3n) is 5.01. The third kappa shape index (κ3) is 4.01. The SMILES string of the molecule is O=C(NCc1ccc2[nH]cc(Cl)c2c1)[C@H]1CC(=O)N(Cc2cccc(Cl)c2)C1. The fourth-order valence-corrected chi connectivity index (χ4v) is 3.96. The lowest BCUT2D eigenvalue weighted by atomic mass is 10.1. The number of carbonyl (C=O) groups is 2. The van der Waals surface area contributed by atoms with Gasteiger partial charge in [-0.25, -0.2) is 0 Å². The minimum absolute atomic E-state index is 0.0133. The summed E-state index contributed by atoms with van der Waals surface area (Å²) in [5, 5.41) is 5.16. The summed E-state index contributed by atoms with van der Waals surface area (Å²) < 4.78 is 0. The lowest BCUT2D eigenvalue weighted by Crippen LogP contribution is -2.32. The number of likely N-dealkylation sites (tertiary alicyclic amines) is 1. The Balaban J connectivity index is 1.35. The number of hydrogen-bond acceptors (Lipinski definition) is 2. The molecule has 2 aromatic carbocycles. The van der Waals surface area contributed by atoms with Gasteiger partial charge in [-0.1, -0.05) is 41.4 Å². The molecule has 5 nitrogen and oxygen atoms in total. The van der Waals surface area contributed by atoms with E-state index in [1.165, 1.54) is 0 Å². The van der Waals surface area contributed by atoms with Gasteiger partial charge in [0.2, 0.25) is 11.8 Å². The number of aromatic amines is 1. The van der Waals surface area contributed by atoms with Crippen LogP contribution < -0.4 is 5.32 Å². The number of fused-ring (bicyclic) bond motifs is 1. The maximum Gasteiger partial charge on any atom is 0.225 e. The van der Waals surface area contributed by atoms with Crippen molar-refractivity contribution in [2.75, 3.05) is 6.54 Å². The molecule has 2 N–H and O–H groups in total. The molecule has 0 saturated carbocycles. The van der Waals surface area contributed by atoms with Crippen LogP contribution in [0.25, 0.3) is 10.9 Å². The first-order valence-electron chi connectivity index (χ1n) is 9.05. The maximum atomic E-state index is 12.6. The number of amides is 2. The molecule has 1 aliphatic heterocycles. The van der Waals surface area contributed by atoms with E-state index in [1.54, 1.807) is 17.2 Å². The monoisotopic (exact) mass is 415 g/mol. The van der Waals surface area contributed by atoms with Crippen LogP contribution in [-0.2, 0) is 22.7 Å². The third-order valence-corrected chi connectivity index (χ3v) is 5.56. The lowest BCUT2D eigenvalue weighted by Gasteiger charge is -2.17. The summed E-state index contributed by atoms with van der Waals surface area (Å²) in [4.78, 5) is 29.7. The van der Waals surface area contributed by atoms with Gasteiger partial charge < -0.3 is 15.2 Å². The smallest absolute Gasteiger partial charge is 0.225 e. The normalized spacial score (nSPS) is 16.7. The largest absolute Gasteiger partial charge is 0.360 e. The second kappa shape index (κ2) is 7.86. The van der Waals surface area contributed by atoms with E-state index >= 15 is 0 Å². The molecule has 1 fully saturated rings. The number of aromatic nitrogens is 1. The van der Waals surface area contributed by atoms with Crippen LogP contribution in [0.15, 0.2) is 48.7 Å². The van der Waals surface area contributed by atoms with Crippen LogP contribution in [0.1, 0.15) is 17.5 Å². The average Bonchev–Trinajstić information content (AvgIpc) is 3.23. The van der Waals surface area contributed by atoms with E-state index in [0.717, 1.165) is 22.0 Å². The molecule has 2 heterocycles. The molecular formula is C21H19Cl2N3O2. The summed E-state index contributed by atoms with van der Waals surface area (Å²) in [5.74, 6) is -0.464. The van der Waals surface area contributed by atoms with Crippen LogP contribution >= 0.6 is 23.2 Å². The van der Waals surface area contributed by atoms with Gasteiger partial charge >= 0.3 is 0 Å². The van der Waals surface area contributed by atoms with Gasteiger partial charge in [-0.15, -0.1) is 0 Å². The molecule has 0 radical (unpaired) electrons. The van der Waals surface area contributed by atoms with Gasteiger partial charge in [0, 0.05) is 48.2 Å². The van der Waals surface area contributed by atoms with Crippen LogP contribution in [0.3, 0.4) is 0 Å². The van der Waals surface area contributed by atoms with Gasteiger partial charge in [0.05, 0.1) is 10.9 Å². The van der Waals surface area contributed by atoms with E-state index in [0.29, 0.717) is 29.7 Å². The Kier molecular flexibility index (Phi) is 5.29. The molecule has 0 aliphatic carbocycles. The Morgan fingerprint density at radius 2 is 2.04 bits per heavy atom. The second-order valence-electron chi connectivity index (χ2n) is 7.04. The van der Waals surface area contributed by atoms with Crippen molar-refractivity contribution in [3.63, 3.8) is 0 Å². The van der Waals surface area contributed by atoms with Gasteiger partial charge in [0.1, 0.15) is 0 Å². The van der Waals surface area contributed by atoms with Crippen LogP contribution in [0.4, 0.5) is 0 Å². The Bertz CT molecular complexity index is 1050. The minimum Gasteiger partial charge on any atom is -0.360 e. The highest BCUT2D eigenvalue weighted by molar-refractivity contribution is 6.35. The summed E-state index contributed by atoms with van der Waals surface area (Å²) in [6.45, 7) is 1.28. The molecule has 0 bridgehead atoms. The van der Waals surface area contributed by atoms with Crippen molar-refractivity contribution in [3.05, 3.63) is 69.8 Å². The first kappa shape index (κ1) is 18.8. The highest BCUT2D eigenvalue weighted by atomic mass is 35.5. The van der Waals surface area contributed by atoms with E-state index in [2.05, 4.69) is 10.3 Å². The topological polar surface area (TPSA) is 65.2 Å². The molecule has 3 aromatic rings. The number of H-pyrrole nitrogens is 1. The van der Waals surface area contributed by atoms with E-state index in [1.807, 2.05) is 36.4 Å². The van der Waals surface area contributed by atoms with Gasteiger partial charge in [0.15, 0.2) is 0 Å². The highest BCUT2D eigenvalue weighted by Gasteiger charge is 2.34. The first-order chi connectivity index (χ1) is 13.5. The van der Waals surface area contributed by atoms with Gasteiger partial charge in [0.25, 0.3) is 0 Å². The van der Waals surface area contributed by atoms with Crippen molar-refractivity contribution in [1.29, 1.82) is 0 Å². The zero-order chi connectivity index (χ0) is 19.7. The second-order valence-corrected chi connectivity index (χ2v) is 7.88. The van der Waals surface area contributed by atoms with E-state index in [4.69, 9.17) is 23.2 Å². The van der Waals surface area contributed by atoms with Gasteiger partial charge in [-0.2, -0.15) is 0 Å². The number of nitrogens with zero attached hydrogens (tertiary/aromatic N) is 1. The summed E-state index contributed by atoms with van der Waals surface area (Å²) >= 11 is 12.2. The van der Waals surface area contributed by atoms with Crippen LogP contribution in [0, 0.1) is 5.92 Å². The highest BCUT2D eigenvalue weighted by Crippen LogP contribution is 2.24. The Morgan fingerprint density at radius 3 is 2.86 bits per heavy atom. The van der Waals surface area contributed by atoms with Crippen molar-refractivity contribution in [1.82, 2.24) is 15.2 Å². The quantitative estimate of drug-likeness (QED) is 0.657. The molecular weight excluding hydrogens is 397 g/mol. The zero-order valence-electron chi connectivity index (χ0n) is 15.0. The summed E-state index contributed by atoms with van der Waals surface area (Å²) in [6.07, 6.45) is 1.97. The van der Waals surface area contributed by atoms with Crippen molar-refractivity contribution in [2.24, 2.45) is 5.92 Å². The fraction of sp³-hybridized carbons (Fsp3) is 0.238. The number of benzene rings is 2. The van der Waals surface area contributed by atoms with E-state index in [9.17, 15) is 9.59 Å². The summed E-state index contributed by atoms with van der Waals surface area (Å²) in [6, 6.07) is 13.3. The lowest BCUT2D eigenvalue weighted by molar-refractivity contribution is -0.129. The molecule has 1 saturated heterocycles. The number of hydrogen-bond donors (Lipinski definition) is 2. The maximum absolute atomic E-state index is 12.6. The summed E-state index contributed by atoms with van der Waals surface area (Å²) in [7, 11) is 0. The number of rotatable bonds is 5. The van der Waals surface area contributed by atoms with Crippen LogP contribution in [-0.4, -0.2) is 28.2 Å². The van der Waals surface area contributed by atoms with Crippen molar-refractivity contribution in [3.8, 4) is 0 Å². The molecule has 0 unspecified atom stereocenters. The molecule has 1 atom stereocenters. The Labute approximate surface area is 172 Å². The van der Waals surface area contributed by atoms with E-state index in [-0.39, 0.29) is 24.2 Å². The Hall–Kier alpha value is -2.50. The van der Waals surface area contributed by atoms with Gasteiger partial charge in [-0.05, 0) is 35.4 Å². The molecule has 1 aromatic heterocycles. The molecule has 144 valence electrons. The molecule has 28 heavy (non-hydrogen) atoms. The number of halogens is 2. The standard InChI is InChI=1S/C21H19Cl2N3O2/c22-16-3-1-2-14(6-16)11-26-12-15(8-20(26)27)21(28)25-9-13-4-5-19-17(7-13)18(23)10-24-19/h1-7,10,15,24H,8-9,11-12H2,(H,25,28)/t15-/m0/s1. The van der Waals surface area contributed by atoms with Crippen molar-refractivity contribution >= 4 is 45.9 Å². The molecule has 2 amide bonds. The fourth-order valence-electron chi connectivity index (χ4n) is 3.53. The summed E-state index contributed by atoms with van der Waals surface area (Å²) in [5.41, 5.74) is 2.87. The molecule has 7 heteroatoms. The minimum atomic E-state index is -0.341. The average molecular weight is 416 g/mol. The molecule has 0 spiro atoms. The molecule has 4 rings (SSSR count). The predicted octanol–water partition coefficient (Wildman–Crippen LogP) is 4.14. The van der Waals surface area contributed by atoms with Crippen LogP contribution in [0.2, 0.25) is 10.0 Å². The zero-order valence-corrected chi connectivity index (χ0v) is 16.6. The van der Waals surface area contributed by atoms with Crippen molar-refractivity contribution < 1.29 is 9.59 Å². The number of nitrogens with one attached hydrogen (secondary N) is 2. The Morgan fingerprint density at radius 1 is 1.18 bits per heavy atom. The first-order valence-corrected chi connectivity index (χ1v) is 9.80. The van der Waals surface area contributed by atoms with Gasteiger partial charge in [-0.3, -0.25) is 9.59 Å².